The highest BCUT2D eigenvalue weighted by atomic mass is 16.5. The molecule has 3 rings (SSSR count). The number of carbonyl (C=O) groups excluding carboxylic acids is 1. The van der Waals surface area contributed by atoms with Gasteiger partial charge in [-0.2, -0.15) is 4.98 Å². The minimum Gasteiger partial charge on any atom is -0.465 e. The Kier molecular flexibility index (Phi) is 6.70. The number of likely N-dealkylation sites (N-methyl/N-ethyl adjacent to an activating group) is 1. The molecule has 3 aromatic rings. The number of methoxy groups -OCH3 is 1. The van der Waals surface area contributed by atoms with Crippen LogP contribution in [0.1, 0.15) is 10.4 Å². The number of rotatable bonds is 8. The van der Waals surface area contributed by atoms with Gasteiger partial charge in [-0.1, -0.05) is 0 Å². The van der Waals surface area contributed by atoms with Gasteiger partial charge in [0.15, 0.2) is 0 Å². The molecule has 0 atom stereocenters. The summed E-state index contributed by atoms with van der Waals surface area (Å²) in [6, 6.07) is 12.7. The molecule has 150 valence electrons. The van der Waals surface area contributed by atoms with Crippen LogP contribution >= 0.6 is 0 Å². The van der Waals surface area contributed by atoms with Gasteiger partial charge in [-0.25, -0.2) is 9.78 Å². The standard InChI is InChI=1S/C21H24N6O2/c1-27(2)13-12-23-21-25-18(15-8-10-22-11-9-15)14-19(26-21)24-17-6-4-16(5-7-17)20(28)29-3/h4-11,14H,12-13H2,1-3H3,(H2,23,24,25,26). The first kappa shape index (κ1) is 20.2. The number of benzene rings is 1. The van der Waals surface area contributed by atoms with Crippen LogP contribution in [0.4, 0.5) is 17.5 Å². The van der Waals surface area contributed by atoms with E-state index >= 15 is 0 Å². The van der Waals surface area contributed by atoms with E-state index in [1.54, 1.807) is 36.7 Å². The van der Waals surface area contributed by atoms with E-state index < -0.39 is 0 Å². The topological polar surface area (TPSA) is 92.3 Å². The molecule has 1 aromatic carbocycles. The van der Waals surface area contributed by atoms with Gasteiger partial charge >= 0.3 is 5.97 Å². The third kappa shape index (κ3) is 5.73. The molecule has 8 nitrogen and oxygen atoms in total. The molecule has 0 aliphatic carbocycles. The first-order valence-corrected chi connectivity index (χ1v) is 9.18. The maximum atomic E-state index is 11.6. The molecule has 0 radical (unpaired) electrons. The van der Waals surface area contributed by atoms with Gasteiger partial charge in [0.1, 0.15) is 5.82 Å². The Balaban J connectivity index is 1.85. The van der Waals surface area contributed by atoms with Crippen molar-refractivity contribution in [1.82, 2.24) is 19.9 Å². The number of ether oxygens (including phenoxy) is 1. The van der Waals surface area contributed by atoms with Crippen molar-refractivity contribution in [1.29, 1.82) is 0 Å². The largest absolute Gasteiger partial charge is 0.465 e. The van der Waals surface area contributed by atoms with E-state index in [1.165, 1.54) is 7.11 Å². The van der Waals surface area contributed by atoms with Crippen LogP contribution in [-0.2, 0) is 4.74 Å². The lowest BCUT2D eigenvalue weighted by Gasteiger charge is -2.13. The molecule has 2 aromatic heterocycles. The Bertz CT molecular complexity index is 945. The number of aromatic nitrogens is 3. The third-order valence-electron chi connectivity index (χ3n) is 4.12. The number of nitrogens with zero attached hydrogens (tertiary/aromatic N) is 4. The molecule has 0 amide bonds. The summed E-state index contributed by atoms with van der Waals surface area (Å²) in [4.78, 5) is 26.9. The molecule has 0 fully saturated rings. The molecule has 0 bridgehead atoms. The second kappa shape index (κ2) is 9.61. The SMILES string of the molecule is COC(=O)c1ccc(Nc2cc(-c3ccncc3)nc(NCCN(C)C)n2)cc1. The molecule has 0 saturated heterocycles. The van der Waals surface area contributed by atoms with Crippen LogP contribution in [0.5, 0.6) is 0 Å². The molecular formula is C21H24N6O2. The van der Waals surface area contributed by atoms with Crippen LogP contribution < -0.4 is 10.6 Å². The normalized spacial score (nSPS) is 10.6. The number of pyridine rings is 1. The lowest BCUT2D eigenvalue weighted by atomic mass is 10.2. The number of esters is 1. The summed E-state index contributed by atoms with van der Waals surface area (Å²) in [5.74, 6) is 0.811. The predicted octanol–water partition coefficient (Wildman–Crippen LogP) is 3.04. The van der Waals surface area contributed by atoms with E-state index in [4.69, 9.17) is 4.74 Å². The molecular weight excluding hydrogens is 368 g/mol. The van der Waals surface area contributed by atoms with Crippen molar-refractivity contribution in [3.8, 4) is 11.3 Å². The minimum absolute atomic E-state index is 0.370. The Morgan fingerprint density at radius 1 is 1.07 bits per heavy atom. The summed E-state index contributed by atoms with van der Waals surface area (Å²) in [7, 11) is 5.39. The maximum Gasteiger partial charge on any atom is 0.337 e. The molecule has 0 saturated carbocycles. The summed E-state index contributed by atoms with van der Waals surface area (Å²) in [6.07, 6.45) is 3.46. The molecule has 0 spiro atoms. The van der Waals surface area contributed by atoms with E-state index in [0.29, 0.717) is 17.3 Å². The summed E-state index contributed by atoms with van der Waals surface area (Å²) < 4.78 is 4.73. The zero-order valence-electron chi connectivity index (χ0n) is 16.7. The van der Waals surface area contributed by atoms with E-state index in [1.807, 2.05) is 32.3 Å². The van der Waals surface area contributed by atoms with Crippen LogP contribution in [0.25, 0.3) is 11.3 Å². The monoisotopic (exact) mass is 392 g/mol. The van der Waals surface area contributed by atoms with Crippen LogP contribution in [0.3, 0.4) is 0 Å². The fourth-order valence-electron chi connectivity index (χ4n) is 2.61. The zero-order chi connectivity index (χ0) is 20.6. The maximum absolute atomic E-state index is 11.6. The second-order valence-electron chi connectivity index (χ2n) is 6.62. The highest BCUT2D eigenvalue weighted by Gasteiger charge is 2.09. The van der Waals surface area contributed by atoms with Gasteiger partial charge in [0, 0.05) is 42.8 Å². The van der Waals surface area contributed by atoms with Crippen molar-refractivity contribution in [2.45, 2.75) is 0 Å². The molecule has 29 heavy (non-hydrogen) atoms. The summed E-state index contributed by atoms with van der Waals surface area (Å²) in [5, 5.41) is 6.53. The van der Waals surface area contributed by atoms with Crippen molar-refractivity contribution < 1.29 is 9.53 Å². The lowest BCUT2D eigenvalue weighted by Crippen LogP contribution is -2.21. The van der Waals surface area contributed by atoms with Crippen molar-refractivity contribution in [3.63, 3.8) is 0 Å². The first-order valence-electron chi connectivity index (χ1n) is 9.18. The average Bonchev–Trinajstić information content (AvgIpc) is 2.74. The highest BCUT2D eigenvalue weighted by Crippen LogP contribution is 2.23. The van der Waals surface area contributed by atoms with E-state index in [9.17, 15) is 4.79 Å². The van der Waals surface area contributed by atoms with Gasteiger partial charge in [0.05, 0.1) is 18.4 Å². The quantitative estimate of drug-likeness (QED) is 0.565. The summed E-state index contributed by atoms with van der Waals surface area (Å²) in [6.45, 7) is 1.58. The first-order chi connectivity index (χ1) is 14.0. The Hall–Kier alpha value is -3.52. The van der Waals surface area contributed by atoms with Gasteiger partial charge in [0.2, 0.25) is 5.95 Å². The van der Waals surface area contributed by atoms with E-state index in [0.717, 1.165) is 30.0 Å². The van der Waals surface area contributed by atoms with Gasteiger partial charge in [-0.3, -0.25) is 4.98 Å². The van der Waals surface area contributed by atoms with Gasteiger partial charge < -0.3 is 20.3 Å². The van der Waals surface area contributed by atoms with Gasteiger partial charge in [-0.05, 0) is 50.5 Å². The number of anilines is 3. The number of carbonyl (C=O) groups is 1. The van der Waals surface area contributed by atoms with Crippen molar-refractivity contribution in [3.05, 3.63) is 60.4 Å². The molecule has 2 N–H and O–H groups in total. The Morgan fingerprint density at radius 2 is 1.79 bits per heavy atom. The van der Waals surface area contributed by atoms with Crippen molar-refractivity contribution in [2.24, 2.45) is 0 Å². The second-order valence-corrected chi connectivity index (χ2v) is 6.62. The number of nitrogens with one attached hydrogen (secondary N) is 2. The molecule has 8 heteroatoms. The molecule has 2 heterocycles. The molecule has 0 aliphatic rings. The highest BCUT2D eigenvalue weighted by molar-refractivity contribution is 5.89. The Labute approximate surface area is 170 Å². The molecule has 0 aliphatic heterocycles. The fourth-order valence-corrected chi connectivity index (χ4v) is 2.61. The minimum atomic E-state index is -0.370. The summed E-state index contributed by atoms with van der Waals surface area (Å²) >= 11 is 0. The van der Waals surface area contributed by atoms with Gasteiger partial charge in [0.25, 0.3) is 0 Å². The smallest absolute Gasteiger partial charge is 0.337 e. The lowest BCUT2D eigenvalue weighted by molar-refractivity contribution is 0.0601. The van der Waals surface area contributed by atoms with E-state index in [-0.39, 0.29) is 5.97 Å². The van der Waals surface area contributed by atoms with Crippen LogP contribution in [0, 0.1) is 0 Å². The Morgan fingerprint density at radius 3 is 2.45 bits per heavy atom. The van der Waals surface area contributed by atoms with Crippen molar-refractivity contribution >= 4 is 23.4 Å². The zero-order valence-corrected chi connectivity index (χ0v) is 16.7. The van der Waals surface area contributed by atoms with Crippen LogP contribution in [-0.4, -0.2) is 60.1 Å². The van der Waals surface area contributed by atoms with Crippen LogP contribution in [0.15, 0.2) is 54.9 Å². The summed E-state index contributed by atoms with van der Waals surface area (Å²) in [5.41, 5.74) is 3.02. The third-order valence-corrected chi connectivity index (χ3v) is 4.12. The average molecular weight is 392 g/mol. The van der Waals surface area contributed by atoms with Crippen LogP contribution in [0.2, 0.25) is 0 Å². The molecule has 0 unspecified atom stereocenters. The van der Waals surface area contributed by atoms with Crippen molar-refractivity contribution in [2.75, 3.05) is 44.9 Å². The van der Waals surface area contributed by atoms with Gasteiger partial charge in [-0.15, -0.1) is 0 Å². The number of hydrogen-bond donors (Lipinski definition) is 2. The fraction of sp³-hybridized carbons (Fsp3) is 0.238. The number of hydrogen-bond acceptors (Lipinski definition) is 8. The van der Waals surface area contributed by atoms with E-state index in [2.05, 4.69) is 30.5 Å². The predicted molar refractivity (Wildman–Crippen MR) is 113 cm³/mol.